The van der Waals surface area contributed by atoms with Crippen molar-refractivity contribution < 1.29 is 29.0 Å². The molecule has 3 atom stereocenters. The zero-order valence-corrected chi connectivity index (χ0v) is 19.7. The van der Waals surface area contributed by atoms with E-state index in [1.54, 1.807) is 41.5 Å². The van der Waals surface area contributed by atoms with Gasteiger partial charge in [-0.1, -0.05) is 0 Å². The fourth-order valence-electron chi connectivity index (χ4n) is 2.98. The summed E-state index contributed by atoms with van der Waals surface area (Å²) in [6.07, 6.45) is 0.830. The average molecular weight is 445 g/mol. The summed E-state index contributed by atoms with van der Waals surface area (Å²) in [6, 6.07) is -0.762. The number of alkyl carbamates (subject to hydrolysis) is 2. The fourth-order valence-corrected chi connectivity index (χ4v) is 2.98. The molecule has 1 rings (SSSR count). The van der Waals surface area contributed by atoms with Crippen LogP contribution >= 0.6 is 0 Å². The second-order valence-electron chi connectivity index (χ2n) is 9.86. The van der Waals surface area contributed by atoms with E-state index in [4.69, 9.17) is 9.47 Å². The molecule has 0 aliphatic carbocycles. The van der Waals surface area contributed by atoms with Crippen molar-refractivity contribution in [2.45, 2.75) is 96.6 Å². The molecule has 10 nitrogen and oxygen atoms in total. The molecule has 31 heavy (non-hydrogen) atoms. The van der Waals surface area contributed by atoms with Crippen molar-refractivity contribution in [3.05, 3.63) is 0 Å². The minimum atomic E-state index is -0.626. The van der Waals surface area contributed by atoms with Gasteiger partial charge in [-0.3, -0.25) is 4.79 Å². The first kappa shape index (κ1) is 27.0. The fraction of sp³-hybridized carbons (Fsp3) is 0.857. The molecule has 0 bridgehead atoms. The Morgan fingerprint density at radius 1 is 1.00 bits per heavy atom. The number of unbranched alkanes of at least 4 members (excludes halogenated alkanes) is 1. The van der Waals surface area contributed by atoms with Gasteiger partial charge in [0.15, 0.2) is 0 Å². The number of β-amino-alcohol motifs (C(OH)–C–C–N with tert-alkyl or cyclic N) is 1. The second-order valence-corrected chi connectivity index (χ2v) is 9.86. The number of aliphatic hydroxyl groups excluding tert-OH is 1. The summed E-state index contributed by atoms with van der Waals surface area (Å²) in [5.74, 6) is -0.209. The van der Waals surface area contributed by atoms with Gasteiger partial charge in [0.1, 0.15) is 11.2 Å². The molecule has 1 fully saturated rings. The van der Waals surface area contributed by atoms with Crippen LogP contribution in [0.15, 0.2) is 0 Å². The summed E-state index contributed by atoms with van der Waals surface area (Å²) in [5, 5.41) is 20.9. The molecular weight excluding hydrogens is 404 g/mol. The van der Waals surface area contributed by atoms with E-state index in [2.05, 4.69) is 21.3 Å². The van der Waals surface area contributed by atoms with Crippen molar-refractivity contribution in [2.75, 3.05) is 19.6 Å². The van der Waals surface area contributed by atoms with Crippen LogP contribution in [-0.2, 0) is 14.3 Å². The van der Waals surface area contributed by atoms with Crippen LogP contribution in [0.1, 0.15) is 67.2 Å². The Labute approximate surface area is 185 Å². The van der Waals surface area contributed by atoms with Crippen molar-refractivity contribution in [1.82, 2.24) is 21.3 Å². The first-order valence-electron chi connectivity index (χ1n) is 10.9. The number of amides is 3. The number of aliphatic hydroxyl groups is 1. The molecule has 1 heterocycles. The number of hydrogen-bond acceptors (Lipinski definition) is 7. The molecule has 1 aliphatic rings. The quantitative estimate of drug-likeness (QED) is 0.339. The summed E-state index contributed by atoms with van der Waals surface area (Å²) in [5.41, 5.74) is -1.17. The van der Waals surface area contributed by atoms with Gasteiger partial charge in [-0.05, 0) is 67.2 Å². The number of ether oxygens (including phenoxy) is 2. The number of carbonyl (C=O) groups is 3. The standard InChI is InChI=1S/C21H40N4O6/c1-20(2,3)30-18(28)22-10-8-7-9-14(25-19(29)31-21(4,5)6)12-24-17(27)16-11-15(26)13-23-16/h14-16,23,26H,7-13H2,1-6H3,(H,22,28)(H,24,27)(H,25,29)/t14-,15?,16-/m0/s1. The molecule has 0 aromatic rings. The van der Waals surface area contributed by atoms with Crippen LogP contribution in [0, 0.1) is 0 Å². The summed E-state index contributed by atoms with van der Waals surface area (Å²) in [7, 11) is 0. The smallest absolute Gasteiger partial charge is 0.407 e. The molecule has 3 amide bonds. The second kappa shape index (κ2) is 12.1. The highest BCUT2D eigenvalue weighted by atomic mass is 16.6. The first-order chi connectivity index (χ1) is 14.2. The van der Waals surface area contributed by atoms with E-state index in [-0.39, 0.29) is 18.5 Å². The highest BCUT2D eigenvalue weighted by Crippen LogP contribution is 2.10. The summed E-state index contributed by atoms with van der Waals surface area (Å²) < 4.78 is 10.5. The van der Waals surface area contributed by atoms with Gasteiger partial charge in [0.25, 0.3) is 0 Å². The number of rotatable bonds is 9. The van der Waals surface area contributed by atoms with Crippen LogP contribution in [0.25, 0.3) is 0 Å². The average Bonchev–Trinajstić information content (AvgIpc) is 3.02. The van der Waals surface area contributed by atoms with Crippen LogP contribution in [0.2, 0.25) is 0 Å². The van der Waals surface area contributed by atoms with Crippen LogP contribution < -0.4 is 21.3 Å². The largest absolute Gasteiger partial charge is 0.444 e. The van der Waals surface area contributed by atoms with E-state index in [0.717, 1.165) is 0 Å². The summed E-state index contributed by atoms with van der Waals surface area (Å²) in [4.78, 5) is 36.1. The zero-order chi connectivity index (χ0) is 23.7. The predicted molar refractivity (Wildman–Crippen MR) is 117 cm³/mol. The van der Waals surface area contributed by atoms with Crippen molar-refractivity contribution >= 4 is 18.1 Å². The maximum absolute atomic E-state index is 12.3. The maximum Gasteiger partial charge on any atom is 0.407 e. The van der Waals surface area contributed by atoms with Crippen molar-refractivity contribution in [3.8, 4) is 0 Å². The van der Waals surface area contributed by atoms with E-state index in [0.29, 0.717) is 38.8 Å². The predicted octanol–water partition coefficient (Wildman–Crippen LogP) is 1.41. The molecule has 0 saturated carbocycles. The molecule has 1 unspecified atom stereocenters. The number of hydrogen-bond donors (Lipinski definition) is 5. The molecule has 0 aromatic carbocycles. The number of nitrogens with one attached hydrogen (secondary N) is 4. The van der Waals surface area contributed by atoms with Gasteiger partial charge in [0.2, 0.25) is 5.91 Å². The molecule has 10 heteroatoms. The third-order valence-electron chi connectivity index (χ3n) is 4.32. The van der Waals surface area contributed by atoms with E-state index >= 15 is 0 Å². The van der Waals surface area contributed by atoms with Gasteiger partial charge in [0.05, 0.1) is 12.1 Å². The Hall–Kier alpha value is -2.07. The molecular formula is C21H40N4O6. The molecule has 180 valence electrons. The maximum atomic E-state index is 12.3. The summed E-state index contributed by atoms with van der Waals surface area (Å²) >= 11 is 0. The Balaban J connectivity index is 2.45. The molecule has 1 aliphatic heterocycles. The lowest BCUT2D eigenvalue weighted by atomic mass is 10.1. The van der Waals surface area contributed by atoms with Crippen molar-refractivity contribution in [3.63, 3.8) is 0 Å². The zero-order valence-electron chi connectivity index (χ0n) is 19.7. The SMILES string of the molecule is CC(C)(C)OC(=O)NCCCC[C@@H](CNC(=O)[C@@H]1CC(O)CN1)NC(=O)OC(C)(C)C. The van der Waals surface area contributed by atoms with Crippen LogP contribution in [0.3, 0.4) is 0 Å². The Kier molecular flexibility index (Phi) is 10.5. The van der Waals surface area contributed by atoms with Gasteiger partial charge < -0.3 is 35.8 Å². The van der Waals surface area contributed by atoms with Crippen LogP contribution in [0.4, 0.5) is 9.59 Å². The molecule has 0 radical (unpaired) electrons. The Morgan fingerprint density at radius 3 is 2.16 bits per heavy atom. The third-order valence-corrected chi connectivity index (χ3v) is 4.32. The summed E-state index contributed by atoms with van der Waals surface area (Å²) in [6.45, 7) is 11.8. The number of carbonyl (C=O) groups excluding carboxylic acids is 3. The van der Waals surface area contributed by atoms with Gasteiger partial charge in [-0.25, -0.2) is 9.59 Å². The molecule has 1 saturated heterocycles. The van der Waals surface area contributed by atoms with Crippen LogP contribution in [-0.4, -0.2) is 72.2 Å². The van der Waals surface area contributed by atoms with E-state index in [9.17, 15) is 19.5 Å². The molecule has 5 N–H and O–H groups in total. The highest BCUT2D eigenvalue weighted by molar-refractivity contribution is 5.82. The Morgan fingerprint density at radius 2 is 1.61 bits per heavy atom. The molecule has 0 spiro atoms. The van der Waals surface area contributed by atoms with Gasteiger partial charge in [-0.2, -0.15) is 0 Å². The van der Waals surface area contributed by atoms with Gasteiger partial charge in [0, 0.05) is 25.7 Å². The monoisotopic (exact) mass is 444 g/mol. The van der Waals surface area contributed by atoms with Gasteiger partial charge in [-0.15, -0.1) is 0 Å². The topological polar surface area (TPSA) is 138 Å². The Bertz CT molecular complexity index is 600. The van der Waals surface area contributed by atoms with E-state index < -0.39 is 35.5 Å². The van der Waals surface area contributed by atoms with Crippen LogP contribution in [0.5, 0.6) is 0 Å². The lowest BCUT2D eigenvalue weighted by Crippen LogP contribution is -2.48. The minimum absolute atomic E-state index is 0.209. The highest BCUT2D eigenvalue weighted by Gasteiger charge is 2.28. The van der Waals surface area contributed by atoms with E-state index in [1.165, 1.54) is 0 Å². The third kappa shape index (κ3) is 13.1. The lowest BCUT2D eigenvalue weighted by Gasteiger charge is -2.24. The molecule has 0 aromatic heterocycles. The minimum Gasteiger partial charge on any atom is -0.444 e. The lowest BCUT2D eigenvalue weighted by molar-refractivity contribution is -0.123. The van der Waals surface area contributed by atoms with E-state index in [1.807, 2.05) is 0 Å². The van der Waals surface area contributed by atoms with Gasteiger partial charge >= 0.3 is 12.2 Å². The normalized spacial score (nSPS) is 20.0. The van der Waals surface area contributed by atoms with Crippen molar-refractivity contribution in [2.24, 2.45) is 0 Å². The van der Waals surface area contributed by atoms with Crippen molar-refractivity contribution in [1.29, 1.82) is 0 Å². The first-order valence-corrected chi connectivity index (χ1v) is 10.9.